The number of anilines is 1. The van der Waals surface area contributed by atoms with Gasteiger partial charge in [-0.15, -0.1) is 0 Å². The Kier molecular flexibility index (Phi) is 6.42. The third kappa shape index (κ3) is 4.79. The third-order valence-electron chi connectivity index (χ3n) is 6.68. The molecule has 0 unspecified atom stereocenters. The van der Waals surface area contributed by atoms with Crippen molar-refractivity contribution >= 4 is 15.7 Å². The van der Waals surface area contributed by atoms with Crippen molar-refractivity contribution in [1.82, 2.24) is 14.3 Å². The third-order valence-corrected chi connectivity index (χ3v) is 7.93. The summed E-state index contributed by atoms with van der Waals surface area (Å²) in [5, 5.41) is 0. The van der Waals surface area contributed by atoms with Crippen LogP contribution < -0.4 is 9.64 Å². The Hall–Kier alpha value is -3.11. The minimum Gasteiger partial charge on any atom is -0.486 e. The van der Waals surface area contributed by atoms with Crippen LogP contribution in [0, 0.1) is 11.6 Å². The summed E-state index contributed by atoms with van der Waals surface area (Å²) in [7, 11) is -3.24. The molecule has 36 heavy (non-hydrogen) atoms. The van der Waals surface area contributed by atoms with Gasteiger partial charge in [0.2, 0.25) is 10.0 Å². The lowest BCUT2D eigenvalue weighted by molar-refractivity contribution is 0.287. The summed E-state index contributed by atoms with van der Waals surface area (Å²) in [6.07, 6.45) is 3.32. The van der Waals surface area contributed by atoms with Crippen molar-refractivity contribution in [2.75, 3.05) is 30.9 Å². The molecule has 0 atom stereocenters. The maximum Gasteiger partial charge on any atom is 0.211 e. The van der Waals surface area contributed by atoms with Gasteiger partial charge in [-0.05, 0) is 49.1 Å². The smallest absolute Gasteiger partial charge is 0.211 e. The van der Waals surface area contributed by atoms with Crippen LogP contribution in [-0.4, -0.2) is 54.7 Å². The summed E-state index contributed by atoms with van der Waals surface area (Å²) in [6.45, 7) is 5.83. The molecule has 0 aliphatic carbocycles. The van der Waals surface area contributed by atoms with Crippen LogP contribution in [0.3, 0.4) is 0 Å². The van der Waals surface area contributed by atoms with Crippen LogP contribution in [0.25, 0.3) is 11.3 Å². The summed E-state index contributed by atoms with van der Waals surface area (Å²) in [4.78, 5) is 10.7. The molecule has 2 aliphatic rings. The molecule has 0 saturated heterocycles. The minimum absolute atomic E-state index is 0.0396. The van der Waals surface area contributed by atoms with Crippen LogP contribution in [-0.2, 0) is 29.4 Å². The van der Waals surface area contributed by atoms with E-state index in [-0.39, 0.29) is 17.5 Å². The molecular weight excluding hydrogens is 486 g/mol. The second kappa shape index (κ2) is 9.40. The molecule has 1 aromatic heterocycles. The van der Waals surface area contributed by atoms with E-state index in [1.54, 1.807) is 6.07 Å². The number of rotatable bonds is 5. The van der Waals surface area contributed by atoms with Gasteiger partial charge in [0, 0.05) is 31.1 Å². The van der Waals surface area contributed by atoms with E-state index in [1.807, 2.05) is 36.9 Å². The van der Waals surface area contributed by atoms with E-state index in [0.29, 0.717) is 56.2 Å². The van der Waals surface area contributed by atoms with E-state index >= 15 is 0 Å². The lowest BCUT2D eigenvalue weighted by Crippen LogP contribution is -2.38. The fourth-order valence-electron chi connectivity index (χ4n) is 4.82. The molecule has 3 aromatic rings. The van der Waals surface area contributed by atoms with Crippen LogP contribution in [0.1, 0.15) is 36.4 Å². The van der Waals surface area contributed by atoms with Crippen LogP contribution in [0.2, 0.25) is 0 Å². The first-order valence-corrected chi connectivity index (χ1v) is 13.8. The molecule has 7 nitrogen and oxygen atoms in total. The van der Waals surface area contributed by atoms with Gasteiger partial charge in [-0.2, -0.15) is 4.31 Å². The topological polar surface area (TPSA) is 75.6 Å². The molecular formula is C26H28F2N4O3S. The van der Waals surface area contributed by atoms with E-state index in [9.17, 15) is 17.2 Å². The van der Waals surface area contributed by atoms with Crippen LogP contribution in [0.15, 0.2) is 36.5 Å². The Labute approximate surface area is 209 Å². The Morgan fingerprint density at radius 3 is 2.64 bits per heavy atom. The predicted molar refractivity (Wildman–Crippen MR) is 134 cm³/mol. The Morgan fingerprint density at radius 2 is 1.89 bits per heavy atom. The van der Waals surface area contributed by atoms with Crippen molar-refractivity contribution in [2.24, 2.45) is 0 Å². The first-order valence-electron chi connectivity index (χ1n) is 11.9. The number of halogens is 2. The Morgan fingerprint density at radius 1 is 1.08 bits per heavy atom. The van der Waals surface area contributed by atoms with Gasteiger partial charge in [0.15, 0.2) is 17.4 Å². The van der Waals surface area contributed by atoms with Gasteiger partial charge < -0.3 is 9.64 Å². The molecule has 0 radical (unpaired) electrons. The molecule has 0 saturated carbocycles. The summed E-state index contributed by atoms with van der Waals surface area (Å²) >= 11 is 0. The van der Waals surface area contributed by atoms with E-state index in [1.165, 1.54) is 16.6 Å². The maximum absolute atomic E-state index is 14.9. The van der Waals surface area contributed by atoms with E-state index < -0.39 is 21.7 Å². The second-order valence-electron chi connectivity index (χ2n) is 9.55. The average molecular weight is 515 g/mol. The quantitative estimate of drug-likeness (QED) is 0.514. The lowest BCUT2D eigenvalue weighted by Gasteiger charge is -2.34. The average Bonchev–Trinajstić information content (AvgIpc) is 2.83. The second-order valence-corrected chi connectivity index (χ2v) is 11.5. The first kappa shape index (κ1) is 24.6. The minimum atomic E-state index is -3.24. The zero-order valence-corrected chi connectivity index (χ0v) is 21.3. The predicted octanol–water partition coefficient (Wildman–Crippen LogP) is 3.94. The summed E-state index contributed by atoms with van der Waals surface area (Å²) in [6, 6.07) is 8.96. The molecule has 190 valence electrons. The van der Waals surface area contributed by atoms with E-state index in [2.05, 4.69) is 9.97 Å². The summed E-state index contributed by atoms with van der Waals surface area (Å²) < 4.78 is 60.5. The number of nitrogens with zero attached hydrogens (tertiary/aromatic N) is 4. The maximum atomic E-state index is 14.9. The molecule has 0 amide bonds. The zero-order chi connectivity index (χ0) is 25.6. The highest BCUT2D eigenvalue weighted by molar-refractivity contribution is 7.88. The van der Waals surface area contributed by atoms with Gasteiger partial charge in [-0.1, -0.05) is 18.2 Å². The highest BCUT2D eigenvalue weighted by Crippen LogP contribution is 2.39. The monoisotopic (exact) mass is 514 g/mol. The first-order chi connectivity index (χ1) is 17.1. The highest BCUT2D eigenvalue weighted by Gasteiger charge is 2.26. The molecule has 2 aliphatic heterocycles. The zero-order valence-electron chi connectivity index (χ0n) is 20.5. The van der Waals surface area contributed by atoms with Crippen molar-refractivity contribution < 1.29 is 21.9 Å². The molecule has 0 bridgehead atoms. The molecule has 0 fully saturated rings. The molecule has 0 spiro atoms. The number of hydrogen-bond acceptors (Lipinski definition) is 6. The van der Waals surface area contributed by atoms with Crippen LogP contribution in [0.5, 0.6) is 5.75 Å². The van der Waals surface area contributed by atoms with Crippen molar-refractivity contribution in [1.29, 1.82) is 0 Å². The van der Waals surface area contributed by atoms with Crippen LogP contribution in [0.4, 0.5) is 14.5 Å². The van der Waals surface area contributed by atoms with Gasteiger partial charge in [0.05, 0.1) is 24.7 Å². The SMILES string of the molecule is CC(C)N1CCOc2c(F)cc(-c3nc(Cc4ccc5c(c4)CCN(S(C)(=O)=O)C5)ncc3F)cc21. The molecule has 0 N–H and O–H groups in total. The van der Waals surface area contributed by atoms with Gasteiger partial charge in [0.1, 0.15) is 18.1 Å². The standard InChI is InChI=1S/C26H28F2N4O3S/c1-16(2)32-8-9-35-26-21(27)12-20(13-23(26)32)25-22(28)14-29-24(30-25)11-17-4-5-19-15-31(36(3,33)34)7-6-18(19)10-17/h4-5,10,12-14,16H,6-9,11,15H2,1-3H3. The number of benzene rings is 2. The van der Waals surface area contributed by atoms with Crippen molar-refractivity contribution in [2.45, 2.75) is 39.3 Å². The van der Waals surface area contributed by atoms with Gasteiger partial charge in [-0.25, -0.2) is 27.2 Å². The van der Waals surface area contributed by atoms with Crippen molar-refractivity contribution in [3.05, 3.63) is 70.7 Å². The summed E-state index contributed by atoms with van der Waals surface area (Å²) in [5.41, 5.74) is 3.95. The van der Waals surface area contributed by atoms with Crippen molar-refractivity contribution in [3.8, 4) is 17.0 Å². The lowest BCUT2D eigenvalue weighted by atomic mass is 9.97. The van der Waals surface area contributed by atoms with E-state index in [0.717, 1.165) is 22.9 Å². The van der Waals surface area contributed by atoms with Gasteiger partial charge >= 0.3 is 0 Å². The highest BCUT2D eigenvalue weighted by atomic mass is 32.2. The fraction of sp³-hybridized carbons (Fsp3) is 0.385. The summed E-state index contributed by atoms with van der Waals surface area (Å²) in [5.74, 6) is -0.589. The number of ether oxygens (including phenoxy) is 1. The Bertz CT molecular complexity index is 1430. The number of fused-ring (bicyclic) bond motifs is 2. The van der Waals surface area contributed by atoms with Crippen molar-refractivity contribution in [3.63, 3.8) is 0 Å². The van der Waals surface area contributed by atoms with E-state index in [4.69, 9.17) is 4.74 Å². The van der Waals surface area contributed by atoms with Gasteiger partial charge in [-0.3, -0.25) is 0 Å². The molecule has 2 aromatic carbocycles. The number of hydrogen-bond donors (Lipinski definition) is 0. The molecule has 3 heterocycles. The molecule has 10 heteroatoms. The fourth-order valence-corrected chi connectivity index (χ4v) is 5.62. The Balaban J connectivity index is 1.44. The number of aromatic nitrogens is 2. The largest absolute Gasteiger partial charge is 0.486 e. The van der Waals surface area contributed by atoms with Gasteiger partial charge in [0.25, 0.3) is 0 Å². The van der Waals surface area contributed by atoms with Crippen LogP contribution >= 0.6 is 0 Å². The number of sulfonamides is 1. The molecule has 5 rings (SSSR count). The normalized spacial score (nSPS) is 16.0.